The van der Waals surface area contributed by atoms with Crippen LogP contribution in [-0.4, -0.2) is 45.3 Å². The van der Waals surface area contributed by atoms with Gasteiger partial charge in [-0.15, -0.1) is 0 Å². The van der Waals surface area contributed by atoms with Crippen LogP contribution in [0.4, 0.5) is 11.5 Å². The van der Waals surface area contributed by atoms with E-state index in [2.05, 4.69) is 29.0 Å². The Morgan fingerprint density at radius 3 is 2.31 bits per heavy atom. The van der Waals surface area contributed by atoms with Gasteiger partial charge in [-0.2, -0.15) is 0 Å². The maximum Gasteiger partial charge on any atom is 0.329 e. The topological polar surface area (TPSA) is 81.4 Å². The van der Waals surface area contributed by atoms with Crippen LogP contribution in [0.15, 0.2) is 47.4 Å². The van der Waals surface area contributed by atoms with Gasteiger partial charge in [-0.3, -0.25) is 13.9 Å². The second-order valence-electron chi connectivity index (χ2n) is 8.44. The van der Waals surface area contributed by atoms with Gasteiger partial charge in [0.15, 0.2) is 0 Å². The van der Waals surface area contributed by atoms with Gasteiger partial charge in [0, 0.05) is 32.6 Å². The number of imidazole rings is 1. The van der Waals surface area contributed by atoms with Crippen molar-refractivity contribution in [2.24, 2.45) is 0 Å². The van der Waals surface area contributed by atoms with Crippen LogP contribution in [0.25, 0.3) is 11.0 Å². The van der Waals surface area contributed by atoms with Crippen LogP contribution in [0.3, 0.4) is 0 Å². The number of fused-ring (bicyclic) bond motifs is 1. The minimum atomic E-state index is -0.146. The Morgan fingerprint density at radius 2 is 1.72 bits per heavy atom. The summed E-state index contributed by atoms with van der Waals surface area (Å²) in [5.74, 6) is 0.729. The number of carbonyl (C=O) groups is 1. The van der Waals surface area contributed by atoms with Crippen LogP contribution in [0, 0.1) is 0 Å². The van der Waals surface area contributed by atoms with Gasteiger partial charge in [0.05, 0.1) is 35.1 Å². The van der Waals surface area contributed by atoms with Gasteiger partial charge in [0.2, 0.25) is 5.91 Å². The molecule has 0 bridgehead atoms. The van der Waals surface area contributed by atoms with Crippen molar-refractivity contribution in [3.8, 4) is 0 Å². The Hall–Kier alpha value is -3.13. The lowest BCUT2D eigenvalue weighted by Crippen LogP contribution is -2.45. The number of hydrogen-bond acceptors (Lipinski definition) is 5. The van der Waals surface area contributed by atoms with E-state index in [1.165, 1.54) is 0 Å². The van der Waals surface area contributed by atoms with Crippen molar-refractivity contribution in [2.75, 3.05) is 23.3 Å². The summed E-state index contributed by atoms with van der Waals surface area (Å²) in [4.78, 5) is 32.1. The van der Waals surface area contributed by atoms with E-state index in [9.17, 15) is 9.59 Å². The Balaban J connectivity index is 1.40. The third kappa shape index (κ3) is 4.70. The zero-order valence-corrected chi connectivity index (χ0v) is 19.0. The van der Waals surface area contributed by atoms with Gasteiger partial charge < -0.3 is 15.0 Å². The third-order valence-electron chi connectivity index (χ3n) is 5.71. The summed E-state index contributed by atoms with van der Waals surface area (Å²) in [5.41, 5.74) is 2.35. The molecular formula is C24H31N5O3. The van der Waals surface area contributed by atoms with Gasteiger partial charge in [-0.1, -0.05) is 19.1 Å². The van der Waals surface area contributed by atoms with E-state index in [-0.39, 0.29) is 30.2 Å². The second-order valence-corrected chi connectivity index (χ2v) is 8.44. The van der Waals surface area contributed by atoms with Crippen molar-refractivity contribution in [2.45, 2.75) is 58.9 Å². The standard InChI is InChI=1S/C24H31N5O3/c1-4-12-28-20-7-5-6-8-21(20)29(24(28)31)13-11-23(30)26-19-9-10-22(25-14-19)27-15-17(2)32-18(3)16-27/h5-10,14,17-18H,4,11-13,15-16H2,1-3H3,(H,26,30). The van der Waals surface area contributed by atoms with E-state index < -0.39 is 0 Å². The summed E-state index contributed by atoms with van der Waals surface area (Å²) in [6, 6.07) is 11.5. The summed E-state index contributed by atoms with van der Waals surface area (Å²) in [6.07, 6.45) is 3.08. The number of ether oxygens (including phenoxy) is 1. The number of para-hydroxylation sites is 2. The molecule has 1 aliphatic heterocycles. The fraction of sp³-hybridized carbons (Fsp3) is 0.458. The Kier molecular flexibility index (Phi) is 6.60. The lowest BCUT2D eigenvalue weighted by molar-refractivity contribution is -0.116. The molecule has 3 heterocycles. The van der Waals surface area contributed by atoms with Crippen molar-refractivity contribution in [1.82, 2.24) is 14.1 Å². The van der Waals surface area contributed by atoms with Crippen LogP contribution in [0.5, 0.6) is 0 Å². The molecule has 3 aromatic rings. The first-order chi connectivity index (χ1) is 15.5. The average Bonchev–Trinajstić information content (AvgIpc) is 3.03. The maximum absolute atomic E-state index is 12.9. The summed E-state index contributed by atoms with van der Waals surface area (Å²) < 4.78 is 9.24. The number of benzene rings is 1. The van der Waals surface area contributed by atoms with Crippen molar-refractivity contribution < 1.29 is 9.53 Å². The van der Waals surface area contributed by atoms with Crippen LogP contribution in [0.2, 0.25) is 0 Å². The molecule has 8 nitrogen and oxygen atoms in total. The van der Waals surface area contributed by atoms with Crippen molar-refractivity contribution in [1.29, 1.82) is 0 Å². The monoisotopic (exact) mass is 437 g/mol. The summed E-state index contributed by atoms with van der Waals surface area (Å²) in [5, 5.41) is 2.89. The predicted molar refractivity (Wildman–Crippen MR) is 126 cm³/mol. The lowest BCUT2D eigenvalue weighted by atomic mass is 10.2. The van der Waals surface area contributed by atoms with Gasteiger partial charge in [-0.05, 0) is 44.5 Å². The Bertz CT molecular complexity index is 1120. The smallest absolute Gasteiger partial charge is 0.329 e. The molecule has 0 aliphatic carbocycles. The number of morpholine rings is 1. The minimum Gasteiger partial charge on any atom is -0.372 e. The number of hydrogen-bond donors (Lipinski definition) is 1. The number of amides is 1. The fourth-order valence-corrected chi connectivity index (χ4v) is 4.38. The zero-order chi connectivity index (χ0) is 22.7. The number of nitrogens with one attached hydrogen (secondary N) is 1. The highest BCUT2D eigenvalue weighted by Crippen LogP contribution is 2.20. The van der Waals surface area contributed by atoms with Crippen LogP contribution in [0.1, 0.15) is 33.6 Å². The molecule has 1 aromatic carbocycles. The number of carbonyl (C=O) groups excluding carboxylic acids is 1. The van der Waals surface area contributed by atoms with E-state index in [0.29, 0.717) is 18.8 Å². The minimum absolute atomic E-state index is 0.0687. The average molecular weight is 438 g/mol. The summed E-state index contributed by atoms with van der Waals surface area (Å²) >= 11 is 0. The van der Waals surface area contributed by atoms with E-state index in [4.69, 9.17) is 4.74 Å². The molecule has 4 rings (SSSR count). The molecule has 1 amide bonds. The molecule has 1 saturated heterocycles. The molecule has 32 heavy (non-hydrogen) atoms. The molecular weight excluding hydrogens is 406 g/mol. The first kappa shape index (κ1) is 22.1. The number of nitrogens with zero attached hydrogens (tertiary/aromatic N) is 4. The number of rotatable bonds is 7. The molecule has 0 radical (unpaired) electrons. The number of anilines is 2. The zero-order valence-electron chi connectivity index (χ0n) is 19.0. The normalized spacial score (nSPS) is 18.8. The van der Waals surface area contributed by atoms with E-state index in [1.807, 2.05) is 43.3 Å². The van der Waals surface area contributed by atoms with Crippen LogP contribution < -0.4 is 15.9 Å². The van der Waals surface area contributed by atoms with Gasteiger partial charge >= 0.3 is 5.69 Å². The van der Waals surface area contributed by atoms with Gasteiger partial charge in [0.25, 0.3) is 0 Å². The maximum atomic E-state index is 12.9. The molecule has 0 spiro atoms. The van der Waals surface area contributed by atoms with Crippen molar-refractivity contribution >= 4 is 28.4 Å². The molecule has 1 fully saturated rings. The molecule has 1 aliphatic rings. The Labute approximate surface area is 187 Å². The summed E-state index contributed by atoms with van der Waals surface area (Å²) in [6.45, 7) is 8.75. The Morgan fingerprint density at radius 1 is 1.06 bits per heavy atom. The highest BCUT2D eigenvalue weighted by atomic mass is 16.5. The second kappa shape index (κ2) is 9.56. The number of pyridine rings is 1. The predicted octanol–water partition coefficient (Wildman–Crippen LogP) is 3.25. The molecule has 2 atom stereocenters. The molecule has 0 saturated carbocycles. The highest BCUT2D eigenvalue weighted by Gasteiger charge is 2.23. The largest absolute Gasteiger partial charge is 0.372 e. The summed E-state index contributed by atoms with van der Waals surface area (Å²) in [7, 11) is 0. The van der Waals surface area contributed by atoms with E-state index >= 15 is 0 Å². The molecule has 8 heteroatoms. The quantitative estimate of drug-likeness (QED) is 0.614. The van der Waals surface area contributed by atoms with Crippen molar-refractivity contribution in [3.63, 3.8) is 0 Å². The fourth-order valence-electron chi connectivity index (χ4n) is 4.38. The third-order valence-corrected chi connectivity index (χ3v) is 5.71. The van der Waals surface area contributed by atoms with Gasteiger partial charge in [-0.25, -0.2) is 9.78 Å². The van der Waals surface area contributed by atoms with Crippen LogP contribution >= 0.6 is 0 Å². The van der Waals surface area contributed by atoms with Crippen molar-refractivity contribution in [3.05, 3.63) is 53.1 Å². The van der Waals surface area contributed by atoms with E-state index in [0.717, 1.165) is 36.4 Å². The number of aromatic nitrogens is 3. The SMILES string of the molecule is CCCn1c(=O)n(CCC(=O)Nc2ccc(N3CC(C)OC(C)C3)nc2)c2ccccc21. The first-order valence-electron chi connectivity index (χ1n) is 11.3. The van der Waals surface area contributed by atoms with Crippen LogP contribution in [-0.2, 0) is 22.6 Å². The lowest BCUT2D eigenvalue weighted by Gasteiger charge is -2.36. The molecule has 2 unspecified atom stereocenters. The van der Waals surface area contributed by atoms with E-state index in [1.54, 1.807) is 15.3 Å². The first-order valence-corrected chi connectivity index (χ1v) is 11.3. The van der Waals surface area contributed by atoms with Gasteiger partial charge in [0.1, 0.15) is 5.82 Å². The molecule has 2 aromatic heterocycles. The highest BCUT2D eigenvalue weighted by molar-refractivity contribution is 5.90. The molecule has 170 valence electrons. The number of aryl methyl sites for hydroxylation is 2. The molecule has 1 N–H and O–H groups in total.